The molecule has 9 heteroatoms. The fourth-order valence-electron chi connectivity index (χ4n) is 3.16. The van der Waals surface area contributed by atoms with Crippen LogP contribution in [0.15, 0.2) is 36.7 Å². The molecule has 1 saturated heterocycles. The number of aliphatic hydroxyl groups is 3. The minimum absolute atomic E-state index is 0.343. The zero-order valence-electron chi connectivity index (χ0n) is 13.7. The first kappa shape index (κ1) is 17.3. The lowest BCUT2D eigenvalue weighted by Gasteiger charge is -2.17. The maximum absolute atomic E-state index is 10.3. The minimum atomic E-state index is -1.20. The van der Waals surface area contributed by atoms with Crippen LogP contribution < -0.4 is 0 Å². The summed E-state index contributed by atoms with van der Waals surface area (Å²) in [6.07, 6.45) is -2.09. The van der Waals surface area contributed by atoms with Crippen LogP contribution in [-0.4, -0.2) is 59.8 Å². The van der Waals surface area contributed by atoms with Gasteiger partial charge in [0.1, 0.15) is 35.3 Å². The number of ether oxygens (including phenoxy) is 1. The van der Waals surface area contributed by atoms with Gasteiger partial charge in [0.15, 0.2) is 10.9 Å². The van der Waals surface area contributed by atoms with E-state index in [0.29, 0.717) is 28.0 Å². The number of hydrogen-bond acceptors (Lipinski definition) is 7. The fraction of sp³-hybridized carbons (Fsp3) is 0.353. The molecule has 1 fully saturated rings. The average molecular weight is 374 g/mol. The van der Waals surface area contributed by atoms with Crippen molar-refractivity contribution in [3.8, 4) is 0 Å². The van der Waals surface area contributed by atoms with E-state index in [2.05, 4.69) is 15.0 Å². The number of hydrogen-bond donors (Lipinski definition) is 4. The van der Waals surface area contributed by atoms with E-state index in [1.54, 1.807) is 4.57 Å². The number of H-pyrrole nitrogens is 1. The number of aromatic amines is 1. The molecule has 3 heterocycles. The van der Waals surface area contributed by atoms with Crippen LogP contribution in [-0.2, 0) is 11.2 Å². The van der Waals surface area contributed by atoms with Gasteiger partial charge in [-0.1, -0.05) is 42.5 Å². The Bertz CT molecular complexity index is 974. The van der Waals surface area contributed by atoms with Gasteiger partial charge in [0.05, 0.1) is 12.9 Å². The van der Waals surface area contributed by atoms with E-state index >= 15 is 0 Å². The molecular weight excluding hydrogens is 356 g/mol. The largest absolute Gasteiger partial charge is 0.394 e. The predicted molar refractivity (Wildman–Crippen MR) is 95.0 cm³/mol. The van der Waals surface area contributed by atoms with Gasteiger partial charge in [0, 0.05) is 6.42 Å². The summed E-state index contributed by atoms with van der Waals surface area (Å²) in [5.74, 6) is 0.655. The van der Waals surface area contributed by atoms with Gasteiger partial charge in [0.2, 0.25) is 0 Å². The first-order valence-corrected chi connectivity index (χ1v) is 8.61. The third-order valence-electron chi connectivity index (χ3n) is 4.50. The zero-order chi connectivity index (χ0) is 18.3. The van der Waals surface area contributed by atoms with E-state index in [9.17, 15) is 15.3 Å². The van der Waals surface area contributed by atoms with Crippen molar-refractivity contribution < 1.29 is 20.1 Å². The second kappa shape index (κ2) is 6.86. The summed E-state index contributed by atoms with van der Waals surface area (Å²) in [7, 11) is 0. The summed E-state index contributed by atoms with van der Waals surface area (Å²) in [6, 6.07) is 9.83. The van der Waals surface area contributed by atoms with Crippen molar-refractivity contribution in [3.05, 3.63) is 52.7 Å². The Balaban J connectivity index is 1.74. The molecule has 0 spiro atoms. The van der Waals surface area contributed by atoms with E-state index in [1.165, 1.54) is 6.33 Å². The molecule has 8 nitrogen and oxygen atoms in total. The molecule has 4 rings (SSSR count). The zero-order valence-corrected chi connectivity index (χ0v) is 14.5. The Labute approximate surface area is 153 Å². The van der Waals surface area contributed by atoms with Gasteiger partial charge in [-0.05, 0) is 5.56 Å². The van der Waals surface area contributed by atoms with E-state index in [-0.39, 0.29) is 0 Å². The molecule has 0 aliphatic carbocycles. The molecule has 2 aromatic heterocycles. The molecule has 0 unspecified atom stereocenters. The minimum Gasteiger partial charge on any atom is -0.394 e. The molecule has 1 aliphatic heterocycles. The Morgan fingerprint density at radius 3 is 2.65 bits per heavy atom. The molecule has 1 aliphatic rings. The topological polar surface area (TPSA) is 116 Å². The molecule has 3 aromatic rings. The van der Waals surface area contributed by atoms with Crippen LogP contribution >= 0.6 is 12.2 Å². The lowest BCUT2D eigenvalue weighted by Crippen LogP contribution is -2.33. The lowest BCUT2D eigenvalue weighted by atomic mass is 10.1. The molecule has 0 radical (unpaired) electrons. The maximum atomic E-state index is 10.3. The maximum Gasteiger partial charge on any atom is 0.165 e. The van der Waals surface area contributed by atoms with Gasteiger partial charge in [0.25, 0.3) is 0 Å². The van der Waals surface area contributed by atoms with Crippen molar-refractivity contribution in [2.24, 2.45) is 0 Å². The van der Waals surface area contributed by atoms with E-state index in [4.69, 9.17) is 17.0 Å². The Hall–Kier alpha value is -2.17. The first-order valence-electron chi connectivity index (χ1n) is 8.20. The van der Waals surface area contributed by atoms with Crippen LogP contribution in [0.5, 0.6) is 0 Å². The molecule has 4 N–H and O–H groups in total. The van der Waals surface area contributed by atoms with Gasteiger partial charge in [-0.2, -0.15) is 0 Å². The highest BCUT2D eigenvalue weighted by Gasteiger charge is 2.43. The molecule has 0 amide bonds. The SMILES string of the molecule is OC[C@H]1O[C@@H](n2cnc3c(=S)nc(Cc4ccccc4)[nH]c32)[C@H](O)[C@@H]1O. The number of imidazole rings is 1. The van der Waals surface area contributed by atoms with Crippen LogP contribution in [0.2, 0.25) is 0 Å². The summed E-state index contributed by atoms with van der Waals surface area (Å²) in [6.45, 7) is -0.391. The predicted octanol–water partition coefficient (Wildman–Crippen LogP) is 0.691. The third kappa shape index (κ3) is 2.93. The van der Waals surface area contributed by atoms with Crippen molar-refractivity contribution >= 4 is 23.4 Å². The van der Waals surface area contributed by atoms with Gasteiger partial charge in [-0.25, -0.2) is 9.97 Å². The Morgan fingerprint density at radius 2 is 1.96 bits per heavy atom. The Morgan fingerprint density at radius 1 is 1.19 bits per heavy atom. The van der Waals surface area contributed by atoms with Gasteiger partial charge >= 0.3 is 0 Å². The van der Waals surface area contributed by atoms with Gasteiger partial charge in [-0.3, -0.25) is 4.57 Å². The van der Waals surface area contributed by atoms with Crippen molar-refractivity contribution in [1.82, 2.24) is 19.5 Å². The number of fused-ring (bicyclic) bond motifs is 1. The van der Waals surface area contributed by atoms with Gasteiger partial charge in [-0.15, -0.1) is 0 Å². The number of aromatic nitrogens is 4. The van der Waals surface area contributed by atoms with Crippen molar-refractivity contribution in [1.29, 1.82) is 0 Å². The first-order chi connectivity index (χ1) is 12.6. The number of rotatable bonds is 4. The standard InChI is InChI=1S/C17H18N4O4S/c22-7-10-13(23)14(24)17(25-10)21-8-18-12-15(21)19-11(20-16(12)26)6-9-4-2-1-3-5-9/h1-5,8,10,13-14,17,22-24H,6-7H2,(H,19,20,26)/t10-,13-,14-,17-/m1/s1. The van der Waals surface area contributed by atoms with Crippen LogP contribution in [0.4, 0.5) is 0 Å². The van der Waals surface area contributed by atoms with Crippen LogP contribution in [0, 0.1) is 4.64 Å². The van der Waals surface area contributed by atoms with Crippen LogP contribution in [0.3, 0.4) is 0 Å². The average Bonchev–Trinajstić information content (AvgIpc) is 3.18. The number of benzene rings is 1. The van der Waals surface area contributed by atoms with E-state index in [1.807, 2.05) is 30.3 Å². The van der Waals surface area contributed by atoms with Crippen molar-refractivity contribution in [2.45, 2.75) is 31.0 Å². The number of nitrogens with one attached hydrogen (secondary N) is 1. The molecule has 4 atom stereocenters. The monoisotopic (exact) mass is 374 g/mol. The highest BCUT2D eigenvalue weighted by molar-refractivity contribution is 7.71. The molecule has 0 saturated carbocycles. The highest BCUT2D eigenvalue weighted by Crippen LogP contribution is 2.31. The van der Waals surface area contributed by atoms with E-state index < -0.39 is 31.1 Å². The summed E-state index contributed by atoms with van der Waals surface area (Å²) in [5.41, 5.74) is 2.10. The third-order valence-corrected chi connectivity index (χ3v) is 4.79. The fourth-order valence-corrected chi connectivity index (χ4v) is 3.42. The quantitative estimate of drug-likeness (QED) is 0.497. The van der Waals surface area contributed by atoms with Crippen molar-refractivity contribution in [2.75, 3.05) is 6.61 Å². The molecule has 1 aromatic carbocycles. The van der Waals surface area contributed by atoms with Crippen LogP contribution in [0.25, 0.3) is 11.2 Å². The summed E-state index contributed by atoms with van der Waals surface area (Å²) in [4.78, 5) is 11.8. The normalized spacial score (nSPS) is 25.8. The Kier molecular flexibility index (Phi) is 4.55. The second-order valence-corrected chi connectivity index (χ2v) is 6.62. The smallest absolute Gasteiger partial charge is 0.165 e. The number of nitrogens with zero attached hydrogens (tertiary/aromatic N) is 3. The van der Waals surface area contributed by atoms with Gasteiger partial charge < -0.3 is 25.0 Å². The van der Waals surface area contributed by atoms with Crippen LogP contribution in [0.1, 0.15) is 17.6 Å². The highest BCUT2D eigenvalue weighted by atomic mass is 32.1. The summed E-state index contributed by atoms with van der Waals surface area (Å²) < 4.78 is 7.50. The summed E-state index contributed by atoms with van der Waals surface area (Å²) >= 11 is 5.34. The lowest BCUT2D eigenvalue weighted by molar-refractivity contribution is -0.0511. The molecule has 0 bridgehead atoms. The molecule has 136 valence electrons. The number of aliphatic hydroxyl groups excluding tert-OH is 3. The molecular formula is C17H18N4O4S. The van der Waals surface area contributed by atoms with Crippen molar-refractivity contribution in [3.63, 3.8) is 0 Å². The summed E-state index contributed by atoms with van der Waals surface area (Å²) in [5, 5.41) is 29.5. The van der Waals surface area contributed by atoms with E-state index in [0.717, 1.165) is 5.56 Å². The second-order valence-electron chi connectivity index (χ2n) is 6.23. The molecule has 26 heavy (non-hydrogen) atoms.